The minimum Gasteiger partial charge on any atom is -0.474 e. The van der Waals surface area contributed by atoms with Gasteiger partial charge in [0.2, 0.25) is 5.90 Å². The van der Waals surface area contributed by atoms with E-state index in [1.54, 1.807) is 0 Å². The summed E-state index contributed by atoms with van der Waals surface area (Å²) in [5.74, 6) is 0.730. The van der Waals surface area contributed by atoms with Crippen molar-refractivity contribution in [3.8, 4) is 0 Å². The third-order valence-corrected chi connectivity index (χ3v) is 4.05. The zero-order valence-electron chi connectivity index (χ0n) is 12.1. The van der Waals surface area contributed by atoms with E-state index in [1.807, 2.05) is 0 Å². The van der Waals surface area contributed by atoms with E-state index in [2.05, 4.69) is 32.9 Å². The van der Waals surface area contributed by atoms with Crippen LogP contribution in [-0.4, -0.2) is 23.5 Å². The summed E-state index contributed by atoms with van der Waals surface area (Å²) in [6.45, 7) is 7.28. The van der Waals surface area contributed by atoms with E-state index in [4.69, 9.17) is 14.7 Å². The van der Waals surface area contributed by atoms with Crippen LogP contribution in [0.5, 0.6) is 0 Å². The van der Waals surface area contributed by atoms with Crippen molar-refractivity contribution >= 4 is 5.90 Å². The van der Waals surface area contributed by atoms with Crippen molar-refractivity contribution in [2.45, 2.75) is 52.5 Å². The maximum absolute atomic E-state index is 5.76. The SMILES string of the molecule is CC(C)(C)[C@@H]1COC(c2ccc3c(n2)CCCC3)=N1. The van der Waals surface area contributed by atoms with Crippen molar-refractivity contribution in [2.24, 2.45) is 10.4 Å². The molecule has 0 unspecified atom stereocenters. The lowest BCUT2D eigenvalue weighted by Gasteiger charge is -2.21. The molecule has 0 radical (unpaired) electrons. The average molecular weight is 258 g/mol. The number of hydrogen-bond acceptors (Lipinski definition) is 3. The first-order valence-corrected chi connectivity index (χ1v) is 7.24. The number of ether oxygens (including phenoxy) is 1. The molecule has 1 atom stereocenters. The van der Waals surface area contributed by atoms with Gasteiger partial charge in [0, 0.05) is 5.69 Å². The van der Waals surface area contributed by atoms with Crippen molar-refractivity contribution in [1.82, 2.24) is 4.98 Å². The number of aromatic nitrogens is 1. The molecule has 1 aromatic heterocycles. The van der Waals surface area contributed by atoms with Crippen LogP contribution in [0, 0.1) is 5.41 Å². The lowest BCUT2D eigenvalue weighted by Crippen LogP contribution is -2.25. The van der Waals surface area contributed by atoms with Gasteiger partial charge in [-0.3, -0.25) is 0 Å². The summed E-state index contributed by atoms with van der Waals surface area (Å²) in [4.78, 5) is 9.47. The monoisotopic (exact) mass is 258 g/mol. The van der Waals surface area contributed by atoms with Gasteiger partial charge in [0.05, 0.1) is 6.04 Å². The summed E-state index contributed by atoms with van der Waals surface area (Å²) >= 11 is 0. The number of pyridine rings is 1. The van der Waals surface area contributed by atoms with Crippen molar-refractivity contribution in [2.75, 3.05) is 6.61 Å². The first-order valence-electron chi connectivity index (χ1n) is 7.24. The number of fused-ring (bicyclic) bond motifs is 1. The molecule has 3 nitrogen and oxygen atoms in total. The summed E-state index contributed by atoms with van der Waals surface area (Å²) < 4.78 is 5.76. The van der Waals surface area contributed by atoms with Gasteiger partial charge in [-0.15, -0.1) is 0 Å². The van der Waals surface area contributed by atoms with Crippen LogP contribution in [-0.2, 0) is 17.6 Å². The molecule has 2 aliphatic rings. The Hall–Kier alpha value is -1.38. The molecule has 102 valence electrons. The molecule has 0 saturated heterocycles. The highest BCUT2D eigenvalue weighted by atomic mass is 16.5. The Kier molecular flexibility index (Phi) is 3.08. The van der Waals surface area contributed by atoms with Crippen LogP contribution >= 0.6 is 0 Å². The largest absolute Gasteiger partial charge is 0.474 e. The molecule has 3 rings (SSSR count). The number of nitrogens with zero attached hydrogens (tertiary/aromatic N) is 2. The van der Waals surface area contributed by atoms with E-state index in [0.29, 0.717) is 6.61 Å². The smallest absolute Gasteiger partial charge is 0.235 e. The Morgan fingerprint density at radius 3 is 2.68 bits per heavy atom. The molecule has 19 heavy (non-hydrogen) atoms. The van der Waals surface area contributed by atoms with Gasteiger partial charge in [-0.05, 0) is 42.7 Å². The topological polar surface area (TPSA) is 34.5 Å². The Labute approximate surface area is 115 Å². The Balaban J connectivity index is 1.87. The zero-order valence-corrected chi connectivity index (χ0v) is 12.1. The van der Waals surface area contributed by atoms with Gasteiger partial charge in [-0.2, -0.15) is 0 Å². The van der Waals surface area contributed by atoms with E-state index >= 15 is 0 Å². The highest BCUT2D eigenvalue weighted by Crippen LogP contribution is 2.27. The number of rotatable bonds is 1. The molecule has 0 aromatic carbocycles. The maximum Gasteiger partial charge on any atom is 0.235 e. The van der Waals surface area contributed by atoms with Gasteiger partial charge in [-0.1, -0.05) is 26.8 Å². The minimum absolute atomic E-state index is 0.149. The Bertz CT molecular complexity index is 514. The molecular weight excluding hydrogens is 236 g/mol. The lowest BCUT2D eigenvalue weighted by atomic mass is 9.88. The molecular formula is C16H22N2O. The zero-order chi connectivity index (χ0) is 13.5. The molecule has 0 N–H and O–H groups in total. The quantitative estimate of drug-likeness (QED) is 0.775. The molecule has 0 fully saturated rings. The predicted molar refractivity (Wildman–Crippen MR) is 76.6 cm³/mol. The predicted octanol–water partition coefficient (Wildman–Crippen LogP) is 3.15. The van der Waals surface area contributed by atoms with E-state index in [-0.39, 0.29) is 11.5 Å². The Morgan fingerprint density at radius 1 is 1.16 bits per heavy atom. The standard InChI is InChI=1S/C16H22N2O/c1-16(2,3)14-10-19-15(18-14)13-9-8-11-6-4-5-7-12(11)17-13/h8-9,14H,4-7,10H2,1-3H3/t14-/m0/s1. The van der Waals surface area contributed by atoms with Gasteiger partial charge in [0.15, 0.2) is 0 Å². The summed E-state index contributed by atoms with van der Waals surface area (Å²) in [7, 11) is 0. The fourth-order valence-corrected chi connectivity index (χ4v) is 2.66. The van der Waals surface area contributed by atoms with E-state index in [9.17, 15) is 0 Å². The van der Waals surface area contributed by atoms with Crippen molar-refractivity contribution in [1.29, 1.82) is 0 Å². The minimum atomic E-state index is 0.149. The molecule has 0 saturated carbocycles. The van der Waals surface area contributed by atoms with E-state index in [0.717, 1.165) is 18.0 Å². The maximum atomic E-state index is 5.76. The second kappa shape index (κ2) is 4.62. The van der Waals surface area contributed by atoms with Crippen LogP contribution in [0.4, 0.5) is 0 Å². The molecule has 1 aliphatic carbocycles. The molecule has 3 heteroatoms. The van der Waals surface area contributed by atoms with Gasteiger partial charge in [0.1, 0.15) is 12.3 Å². The lowest BCUT2D eigenvalue weighted by molar-refractivity contribution is 0.235. The number of aliphatic imine (C=N–C) groups is 1. The van der Waals surface area contributed by atoms with Crippen LogP contribution in [0.1, 0.15) is 50.6 Å². The van der Waals surface area contributed by atoms with Crippen molar-refractivity contribution in [3.63, 3.8) is 0 Å². The summed E-state index contributed by atoms with van der Waals surface area (Å²) in [6, 6.07) is 4.50. The molecule has 1 aliphatic heterocycles. The van der Waals surface area contributed by atoms with Crippen molar-refractivity contribution < 1.29 is 4.74 Å². The Morgan fingerprint density at radius 2 is 1.95 bits per heavy atom. The molecule has 0 amide bonds. The average Bonchev–Trinajstić information content (AvgIpc) is 2.87. The van der Waals surface area contributed by atoms with Crippen molar-refractivity contribution in [3.05, 3.63) is 29.1 Å². The second-order valence-electron chi connectivity index (χ2n) is 6.64. The molecule has 0 bridgehead atoms. The molecule has 2 heterocycles. The fraction of sp³-hybridized carbons (Fsp3) is 0.625. The number of aryl methyl sites for hydroxylation is 2. The van der Waals surface area contributed by atoms with Gasteiger partial charge >= 0.3 is 0 Å². The third kappa shape index (κ3) is 2.51. The van der Waals surface area contributed by atoms with Crippen LogP contribution in [0.3, 0.4) is 0 Å². The number of hydrogen-bond donors (Lipinski definition) is 0. The van der Waals surface area contributed by atoms with Crippen LogP contribution < -0.4 is 0 Å². The normalized spacial score (nSPS) is 22.7. The summed E-state index contributed by atoms with van der Waals surface area (Å²) in [5, 5.41) is 0. The fourth-order valence-electron chi connectivity index (χ4n) is 2.66. The highest BCUT2D eigenvalue weighted by Gasteiger charge is 2.31. The first-order chi connectivity index (χ1) is 9.04. The summed E-state index contributed by atoms with van der Waals surface area (Å²) in [6.07, 6.45) is 4.80. The summed E-state index contributed by atoms with van der Waals surface area (Å²) in [5.41, 5.74) is 3.71. The highest BCUT2D eigenvalue weighted by molar-refractivity contribution is 5.93. The molecule has 0 spiro atoms. The van der Waals surface area contributed by atoms with Crippen LogP contribution in [0.25, 0.3) is 0 Å². The third-order valence-electron chi connectivity index (χ3n) is 4.05. The second-order valence-corrected chi connectivity index (χ2v) is 6.64. The van der Waals surface area contributed by atoms with Crippen LogP contribution in [0.2, 0.25) is 0 Å². The van der Waals surface area contributed by atoms with E-state index in [1.165, 1.54) is 30.5 Å². The van der Waals surface area contributed by atoms with Crippen LogP contribution in [0.15, 0.2) is 17.1 Å². The van der Waals surface area contributed by atoms with Gasteiger partial charge in [0.25, 0.3) is 0 Å². The van der Waals surface area contributed by atoms with Gasteiger partial charge < -0.3 is 4.74 Å². The van der Waals surface area contributed by atoms with Gasteiger partial charge in [-0.25, -0.2) is 9.98 Å². The molecule has 1 aromatic rings. The van der Waals surface area contributed by atoms with E-state index < -0.39 is 0 Å². The first kappa shape index (κ1) is 12.6.